The highest BCUT2D eigenvalue weighted by Crippen LogP contribution is 2.41. The normalized spacial score (nSPS) is 41.2. The van der Waals surface area contributed by atoms with Crippen LogP contribution in [0.2, 0.25) is 0 Å². The van der Waals surface area contributed by atoms with Gasteiger partial charge in [0.2, 0.25) is 0 Å². The van der Waals surface area contributed by atoms with Crippen LogP contribution in [0.15, 0.2) is 4.99 Å². The van der Waals surface area contributed by atoms with Gasteiger partial charge in [-0.05, 0) is 12.8 Å². The molecule has 0 aromatic carbocycles. The molecule has 2 atom stereocenters. The predicted octanol–water partition coefficient (Wildman–Crippen LogP) is 1.52. The number of nitrogens with zero attached hydrogens (tertiary/aromatic N) is 1. The van der Waals surface area contributed by atoms with E-state index in [2.05, 4.69) is 4.99 Å². The monoisotopic (exact) mass is 181 g/mol. The minimum Gasteiger partial charge on any atom is -0.342 e. The summed E-state index contributed by atoms with van der Waals surface area (Å²) in [4.78, 5) is 4.17. The fourth-order valence-electron chi connectivity index (χ4n) is 2.56. The number of ether oxygens (including phenoxy) is 2. The summed E-state index contributed by atoms with van der Waals surface area (Å²) in [6, 6.07) is 0. The Morgan fingerprint density at radius 3 is 2.77 bits per heavy atom. The molecule has 1 saturated heterocycles. The minimum atomic E-state index is -0.222. The molecule has 0 aromatic heterocycles. The van der Waals surface area contributed by atoms with Crippen LogP contribution < -0.4 is 0 Å². The molecule has 1 spiro atoms. The summed E-state index contributed by atoms with van der Waals surface area (Å²) in [6.45, 7) is 0.798. The number of hydrogen-bond acceptors (Lipinski definition) is 3. The van der Waals surface area contributed by atoms with Crippen LogP contribution in [0.1, 0.15) is 32.1 Å². The molecule has 2 fully saturated rings. The van der Waals surface area contributed by atoms with Gasteiger partial charge in [-0.15, -0.1) is 0 Å². The van der Waals surface area contributed by atoms with E-state index in [1.807, 2.05) is 6.21 Å². The van der Waals surface area contributed by atoms with E-state index in [0.717, 1.165) is 19.4 Å². The molecule has 0 bridgehead atoms. The van der Waals surface area contributed by atoms with Crippen LogP contribution >= 0.6 is 0 Å². The van der Waals surface area contributed by atoms with Gasteiger partial charge >= 0.3 is 0 Å². The predicted molar refractivity (Wildman–Crippen MR) is 48.9 cm³/mol. The standard InChI is InChI=1S/C10H15NO2/c1-2-4-10(5-3-1)12-8-6-11-7-9(8)13-10/h6,8-9H,1-5,7H2/t8-,9+/m1/s1. The lowest BCUT2D eigenvalue weighted by Crippen LogP contribution is -2.34. The van der Waals surface area contributed by atoms with Crippen LogP contribution in [0, 0.1) is 0 Å². The van der Waals surface area contributed by atoms with Crippen molar-refractivity contribution in [3.8, 4) is 0 Å². The van der Waals surface area contributed by atoms with Gasteiger partial charge in [-0.1, -0.05) is 6.42 Å². The van der Waals surface area contributed by atoms with Crippen LogP contribution in [-0.2, 0) is 9.47 Å². The van der Waals surface area contributed by atoms with Crippen molar-refractivity contribution >= 4 is 6.21 Å². The highest BCUT2D eigenvalue weighted by Gasteiger charge is 2.48. The van der Waals surface area contributed by atoms with Crippen molar-refractivity contribution in [1.29, 1.82) is 0 Å². The maximum atomic E-state index is 5.97. The molecule has 0 amide bonds. The number of rotatable bonds is 0. The Bertz CT molecular complexity index is 233. The van der Waals surface area contributed by atoms with Crippen molar-refractivity contribution in [2.75, 3.05) is 6.54 Å². The first kappa shape index (κ1) is 7.94. The number of hydrogen-bond donors (Lipinski definition) is 0. The van der Waals surface area contributed by atoms with E-state index < -0.39 is 0 Å². The van der Waals surface area contributed by atoms with Crippen molar-refractivity contribution in [1.82, 2.24) is 0 Å². The third-order valence-corrected chi connectivity index (χ3v) is 3.24. The molecule has 0 N–H and O–H groups in total. The second kappa shape index (κ2) is 2.79. The van der Waals surface area contributed by atoms with E-state index in [4.69, 9.17) is 9.47 Å². The third kappa shape index (κ3) is 1.22. The summed E-state index contributed by atoms with van der Waals surface area (Å²) in [5.74, 6) is -0.222. The Balaban J connectivity index is 1.76. The fourth-order valence-corrected chi connectivity index (χ4v) is 2.56. The highest BCUT2D eigenvalue weighted by molar-refractivity contribution is 5.67. The molecular formula is C10H15NO2. The Morgan fingerprint density at radius 1 is 1.15 bits per heavy atom. The van der Waals surface area contributed by atoms with E-state index in [9.17, 15) is 0 Å². The summed E-state index contributed by atoms with van der Waals surface area (Å²) < 4.78 is 11.9. The molecule has 1 aliphatic carbocycles. The maximum absolute atomic E-state index is 5.97. The van der Waals surface area contributed by atoms with E-state index in [-0.39, 0.29) is 18.0 Å². The first-order valence-corrected chi connectivity index (χ1v) is 5.24. The molecule has 3 heteroatoms. The SMILES string of the molecule is C1=NC[C@@H]2OC3(CCCCC3)O[C@H]12. The van der Waals surface area contributed by atoms with Gasteiger partial charge in [0.05, 0.1) is 6.54 Å². The summed E-state index contributed by atoms with van der Waals surface area (Å²) in [6.07, 6.45) is 8.26. The van der Waals surface area contributed by atoms with Crippen LogP contribution in [0.3, 0.4) is 0 Å². The molecule has 72 valence electrons. The molecular weight excluding hydrogens is 166 g/mol. The fraction of sp³-hybridized carbons (Fsp3) is 0.900. The summed E-state index contributed by atoms with van der Waals surface area (Å²) in [7, 11) is 0. The minimum absolute atomic E-state index is 0.151. The lowest BCUT2D eigenvalue weighted by Gasteiger charge is -2.32. The number of aliphatic imine (C=N–C) groups is 1. The second-order valence-corrected chi connectivity index (χ2v) is 4.22. The first-order valence-electron chi connectivity index (χ1n) is 5.24. The molecule has 0 aromatic rings. The lowest BCUT2D eigenvalue weighted by atomic mass is 9.94. The van der Waals surface area contributed by atoms with Gasteiger partial charge in [0.25, 0.3) is 0 Å². The molecule has 3 aliphatic rings. The van der Waals surface area contributed by atoms with Crippen LogP contribution in [0.5, 0.6) is 0 Å². The molecule has 0 unspecified atom stereocenters. The molecule has 0 radical (unpaired) electrons. The van der Waals surface area contributed by atoms with Crippen LogP contribution in [-0.4, -0.2) is 30.8 Å². The van der Waals surface area contributed by atoms with E-state index in [1.54, 1.807) is 0 Å². The molecule has 3 rings (SSSR count). The molecule has 2 aliphatic heterocycles. The second-order valence-electron chi connectivity index (χ2n) is 4.22. The topological polar surface area (TPSA) is 30.8 Å². The van der Waals surface area contributed by atoms with E-state index >= 15 is 0 Å². The Labute approximate surface area is 78.1 Å². The Morgan fingerprint density at radius 2 is 2.00 bits per heavy atom. The van der Waals surface area contributed by atoms with Crippen LogP contribution in [0.4, 0.5) is 0 Å². The highest BCUT2D eigenvalue weighted by atomic mass is 16.8. The molecule has 1 saturated carbocycles. The zero-order valence-electron chi connectivity index (χ0n) is 7.74. The largest absolute Gasteiger partial charge is 0.342 e. The van der Waals surface area contributed by atoms with Gasteiger partial charge in [0.15, 0.2) is 5.79 Å². The van der Waals surface area contributed by atoms with Crippen molar-refractivity contribution in [3.63, 3.8) is 0 Å². The third-order valence-electron chi connectivity index (χ3n) is 3.24. The Hall–Kier alpha value is -0.410. The summed E-state index contributed by atoms with van der Waals surface area (Å²) >= 11 is 0. The molecule has 3 nitrogen and oxygen atoms in total. The van der Waals surface area contributed by atoms with Crippen molar-refractivity contribution in [2.24, 2.45) is 4.99 Å². The van der Waals surface area contributed by atoms with Crippen molar-refractivity contribution < 1.29 is 9.47 Å². The summed E-state index contributed by atoms with van der Waals surface area (Å²) in [5, 5.41) is 0. The smallest absolute Gasteiger partial charge is 0.169 e. The average molecular weight is 181 g/mol. The zero-order chi connectivity index (χ0) is 8.73. The van der Waals surface area contributed by atoms with Crippen LogP contribution in [0.25, 0.3) is 0 Å². The van der Waals surface area contributed by atoms with Gasteiger partial charge in [0.1, 0.15) is 12.2 Å². The van der Waals surface area contributed by atoms with Gasteiger partial charge in [-0.25, -0.2) is 0 Å². The average Bonchev–Trinajstić information content (AvgIpc) is 2.64. The van der Waals surface area contributed by atoms with Gasteiger partial charge in [-0.2, -0.15) is 0 Å². The lowest BCUT2D eigenvalue weighted by molar-refractivity contribution is -0.189. The van der Waals surface area contributed by atoms with Gasteiger partial charge in [-0.3, -0.25) is 4.99 Å². The van der Waals surface area contributed by atoms with Gasteiger partial charge in [0, 0.05) is 19.1 Å². The first-order chi connectivity index (χ1) is 6.38. The molecule has 13 heavy (non-hydrogen) atoms. The van der Waals surface area contributed by atoms with Gasteiger partial charge < -0.3 is 9.47 Å². The Kier molecular flexibility index (Phi) is 1.70. The maximum Gasteiger partial charge on any atom is 0.169 e. The number of fused-ring (bicyclic) bond motifs is 1. The van der Waals surface area contributed by atoms with E-state index in [1.165, 1.54) is 19.3 Å². The summed E-state index contributed by atoms with van der Waals surface area (Å²) in [5.41, 5.74) is 0. The van der Waals surface area contributed by atoms with E-state index in [0.29, 0.717) is 0 Å². The quantitative estimate of drug-likeness (QED) is 0.567. The van der Waals surface area contributed by atoms with Crippen molar-refractivity contribution in [3.05, 3.63) is 0 Å². The van der Waals surface area contributed by atoms with Crippen molar-refractivity contribution in [2.45, 2.75) is 50.1 Å². The molecule has 2 heterocycles. The zero-order valence-corrected chi connectivity index (χ0v) is 7.74.